The fourth-order valence-corrected chi connectivity index (χ4v) is 3.79. The van der Waals surface area contributed by atoms with Crippen molar-refractivity contribution in [2.24, 2.45) is 0 Å². The molecule has 1 saturated carbocycles. The summed E-state index contributed by atoms with van der Waals surface area (Å²) in [7, 11) is 1.65. The second-order valence-corrected chi connectivity index (χ2v) is 7.93. The van der Waals surface area contributed by atoms with Gasteiger partial charge in [0.05, 0.1) is 18.4 Å². The van der Waals surface area contributed by atoms with Crippen LogP contribution in [0.15, 0.2) is 85.3 Å². The van der Waals surface area contributed by atoms with E-state index >= 15 is 0 Å². The van der Waals surface area contributed by atoms with Crippen molar-refractivity contribution in [1.82, 2.24) is 19.7 Å². The Morgan fingerprint density at radius 3 is 2.50 bits per heavy atom. The summed E-state index contributed by atoms with van der Waals surface area (Å²) in [4.78, 5) is 20.0. The lowest BCUT2D eigenvalue weighted by Crippen LogP contribution is -2.32. The molecule has 0 bridgehead atoms. The number of hydrogen-bond donors (Lipinski definition) is 0. The number of nitrogens with zero attached hydrogens (tertiary/aromatic N) is 4. The van der Waals surface area contributed by atoms with Crippen LogP contribution in [-0.2, 0) is 6.54 Å². The van der Waals surface area contributed by atoms with E-state index in [1.165, 1.54) is 0 Å². The highest BCUT2D eigenvalue weighted by Crippen LogP contribution is 2.32. The van der Waals surface area contributed by atoms with Gasteiger partial charge in [-0.15, -0.1) is 0 Å². The molecular weight excluding hydrogens is 400 g/mol. The minimum absolute atomic E-state index is 0.00986. The number of para-hydroxylation sites is 1. The number of pyridine rings is 1. The molecule has 2 heterocycles. The molecule has 4 aromatic rings. The Hall–Kier alpha value is -3.93. The SMILES string of the molecule is COc1ccc(CN(C(=O)c2cn(-c3ccccc3)nc2-c2cccnc2)C2CC2)cc1. The average Bonchev–Trinajstić information content (AvgIpc) is 3.60. The predicted molar refractivity (Wildman–Crippen MR) is 123 cm³/mol. The zero-order valence-corrected chi connectivity index (χ0v) is 17.9. The van der Waals surface area contributed by atoms with Crippen LogP contribution in [0.1, 0.15) is 28.8 Å². The highest BCUT2D eigenvalue weighted by atomic mass is 16.5. The molecule has 0 aliphatic heterocycles. The molecule has 1 fully saturated rings. The van der Waals surface area contributed by atoms with Gasteiger partial charge in [0.1, 0.15) is 11.4 Å². The monoisotopic (exact) mass is 424 g/mol. The number of carbonyl (C=O) groups is 1. The van der Waals surface area contributed by atoms with Gasteiger partial charge in [-0.05, 0) is 54.8 Å². The van der Waals surface area contributed by atoms with Gasteiger partial charge in [0.25, 0.3) is 5.91 Å². The topological polar surface area (TPSA) is 60.2 Å². The Bertz CT molecular complexity index is 1200. The molecular formula is C26H24N4O2. The van der Waals surface area contributed by atoms with E-state index in [-0.39, 0.29) is 11.9 Å². The molecule has 1 amide bonds. The van der Waals surface area contributed by atoms with Gasteiger partial charge in [-0.25, -0.2) is 4.68 Å². The summed E-state index contributed by atoms with van der Waals surface area (Å²) in [5.74, 6) is 0.797. The molecule has 160 valence electrons. The van der Waals surface area contributed by atoms with E-state index in [0.717, 1.165) is 35.4 Å². The van der Waals surface area contributed by atoms with E-state index in [4.69, 9.17) is 9.84 Å². The normalized spacial score (nSPS) is 13.0. The van der Waals surface area contributed by atoms with Crippen molar-refractivity contribution >= 4 is 5.91 Å². The third kappa shape index (κ3) is 4.12. The van der Waals surface area contributed by atoms with Gasteiger partial charge in [0, 0.05) is 36.7 Å². The van der Waals surface area contributed by atoms with Crippen LogP contribution in [0.2, 0.25) is 0 Å². The van der Waals surface area contributed by atoms with Gasteiger partial charge in [0.15, 0.2) is 0 Å². The van der Waals surface area contributed by atoms with E-state index in [9.17, 15) is 4.79 Å². The van der Waals surface area contributed by atoms with Gasteiger partial charge in [-0.1, -0.05) is 30.3 Å². The lowest BCUT2D eigenvalue weighted by atomic mass is 10.1. The van der Waals surface area contributed by atoms with E-state index in [1.54, 1.807) is 24.2 Å². The lowest BCUT2D eigenvalue weighted by molar-refractivity contribution is 0.0730. The number of methoxy groups -OCH3 is 1. The first-order valence-electron chi connectivity index (χ1n) is 10.7. The Morgan fingerprint density at radius 1 is 1.06 bits per heavy atom. The maximum atomic E-state index is 13.8. The van der Waals surface area contributed by atoms with E-state index in [2.05, 4.69) is 4.98 Å². The maximum absolute atomic E-state index is 13.8. The van der Waals surface area contributed by atoms with Gasteiger partial charge >= 0.3 is 0 Å². The predicted octanol–water partition coefficient (Wildman–Crippen LogP) is 4.75. The number of benzene rings is 2. The second kappa shape index (κ2) is 8.67. The molecule has 0 saturated heterocycles. The summed E-state index contributed by atoms with van der Waals surface area (Å²) in [6.07, 6.45) is 7.36. The molecule has 0 radical (unpaired) electrons. The lowest BCUT2D eigenvalue weighted by Gasteiger charge is -2.22. The highest BCUT2D eigenvalue weighted by molar-refractivity contribution is 6.00. The smallest absolute Gasteiger partial charge is 0.258 e. The minimum atomic E-state index is -0.00986. The summed E-state index contributed by atoms with van der Waals surface area (Å²) in [6, 6.07) is 21.8. The van der Waals surface area contributed by atoms with E-state index in [1.807, 2.05) is 77.8 Å². The number of amides is 1. The molecule has 0 N–H and O–H groups in total. The summed E-state index contributed by atoms with van der Waals surface area (Å²) < 4.78 is 7.03. The zero-order valence-electron chi connectivity index (χ0n) is 17.9. The van der Waals surface area contributed by atoms with Crippen molar-refractivity contribution in [1.29, 1.82) is 0 Å². The number of ether oxygens (including phenoxy) is 1. The summed E-state index contributed by atoms with van der Waals surface area (Å²) in [5, 5.41) is 4.78. The Kier molecular flexibility index (Phi) is 5.42. The van der Waals surface area contributed by atoms with Crippen molar-refractivity contribution in [2.45, 2.75) is 25.4 Å². The second-order valence-electron chi connectivity index (χ2n) is 7.93. The zero-order chi connectivity index (χ0) is 21.9. The number of hydrogen-bond acceptors (Lipinski definition) is 4. The molecule has 2 aromatic heterocycles. The third-order valence-electron chi connectivity index (χ3n) is 5.66. The maximum Gasteiger partial charge on any atom is 0.258 e. The minimum Gasteiger partial charge on any atom is -0.497 e. The number of aromatic nitrogens is 3. The molecule has 1 aliphatic carbocycles. The summed E-state index contributed by atoms with van der Waals surface area (Å²) in [6.45, 7) is 0.552. The third-order valence-corrected chi connectivity index (χ3v) is 5.66. The van der Waals surface area contributed by atoms with Crippen molar-refractivity contribution in [3.05, 3.63) is 96.4 Å². The van der Waals surface area contributed by atoms with Gasteiger partial charge in [0.2, 0.25) is 0 Å². The summed E-state index contributed by atoms with van der Waals surface area (Å²) in [5.41, 5.74) is 4.04. The molecule has 0 spiro atoms. The van der Waals surface area contributed by atoms with Crippen LogP contribution in [0.5, 0.6) is 5.75 Å². The molecule has 6 heteroatoms. The van der Waals surface area contributed by atoms with Crippen LogP contribution in [0, 0.1) is 0 Å². The first-order chi connectivity index (χ1) is 15.7. The Morgan fingerprint density at radius 2 is 1.84 bits per heavy atom. The number of rotatable bonds is 7. The van der Waals surface area contributed by atoms with Crippen molar-refractivity contribution in [2.75, 3.05) is 7.11 Å². The molecule has 6 nitrogen and oxygen atoms in total. The van der Waals surface area contributed by atoms with Crippen molar-refractivity contribution in [3.63, 3.8) is 0 Å². The quantitative estimate of drug-likeness (QED) is 0.430. The van der Waals surface area contributed by atoms with Crippen LogP contribution in [-0.4, -0.2) is 38.7 Å². The largest absolute Gasteiger partial charge is 0.497 e. The molecule has 32 heavy (non-hydrogen) atoms. The van der Waals surface area contributed by atoms with E-state index < -0.39 is 0 Å². The van der Waals surface area contributed by atoms with Crippen molar-refractivity contribution < 1.29 is 9.53 Å². The number of carbonyl (C=O) groups excluding carboxylic acids is 1. The average molecular weight is 425 g/mol. The van der Waals surface area contributed by atoms with Crippen LogP contribution >= 0.6 is 0 Å². The van der Waals surface area contributed by atoms with Crippen LogP contribution < -0.4 is 4.74 Å². The van der Waals surface area contributed by atoms with Gasteiger partial charge in [-0.2, -0.15) is 5.10 Å². The standard InChI is InChI=1S/C26H24N4O2/c1-32-23-13-9-19(10-14-23)17-29(21-11-12-21)26(31)24-18-30(22-7-3-2-4-8-22)28-25(24)20-6-5-15-27-16-20/h2-10,13-16,18,21H,11-12,17H2,1H3. The Balaban J connectivity index is 1.52. The molecule has 0 atom stereocenters. The van der Waals surface area contributed by atoms with Gasteiger partial charge < -0.3 is 9.64 Å². The van der Waals surface area contributed by atoms with E-state index in [0.29, 0.717) is 17.8 Å². The fraction of sp³-hybridized carbons (Fsp3) is 0.192. The molecule has 2 aromatic carbocycles. The Labute approximate surface area is 187 Å². The molecule has 1 aliphatic rings. The van der Waals surface area contributed by atoms with Crippen LogP contribution in [0.4, 0.5) is 0 Å². The molecule has 0 unspecified atom stereocenters. The highest BCUT2D eigenvalue weighted by Gasteiger charge is 2.35. The van der Waals surface area contributed by atoms with Gasteiger partial charge in [-0.3, -0.25) is 9.78 Å². The van der Waals surface area contributed by atoms with Crippen LogP contribution in [0.25, 0.3) is 16.9 Å². The fourth-order valence-electron chi connectivity index (χ4n) is 3.79. The molecule has 5 rings (SSSR count). The summed E-state index contributed by atoms with van der Waals surface area (Å²) >= 11 is 0. The van der Waals surface area contributed by atoms with Crippen molar-refractivity contribution in [3.8, 4) is 22.7 Å². The first-order valence-corrected chi connectivity index (χ1v) is 10.7. The van der Waals surface area contributed by atoms with Crippen LogP contribution in [0.3, 0.4) is 0 Å². The first kappa shape index (κ1) is 20.0.